The first-order valence-corrected chi connectivity index (χ1v) is 9.73. The fraction of sp³-hybridized carbons (Fsp3) is 0.0588. The number of nitrogens with one attached hydrogen (secondary N) is 1. The lowest BCUT2D eigenvalue weighted by molar-refractivity contribution is -0.115. The molecule has 1 amide bonds. The first-order chi connectivity index (χ1) is 11.5. The van der Waals surface area contributed by atoms with Crippen LogP contribution in [0, 0.1) is 0 Å². The van der Waals surface area contributed by atoms with Crippen molar-refractivity contribution in [1.29, 1.82) is 0 Å². The number of amides is 1. The van der Waals surface area contributed by atoms with Crippen molar-refractivity contribution in [1.82, 2.24) is 5.32 Å². The summed E-state index contributed by atoms with van der Waals surface area (Å²) >= 11 is 14.8. The van der Waals surface area contributed by atoms with E-state index >= 15 is 0 Å². The Morgan fingerprint density at radius 3 is 2.54 bits per heavy atom. The maximum atomic E-state index is 12.1. The Balaban J connectivity index is 1.80. The van der Waals surface area contributed by atoms with E-state index in [1.54, 1.807) is 30.0 Å². The molecule has 7 heteroatoms. The summed E-state index contributed by atoms with van der Waals surface area (Å²) in [6, 6.07) is 13.1. The highest BCUT2D eigenvalue weighted by molar-refractivity contribution is 8.18. The van der Waals surface area contributed by atoms with E-state index in [0.29, 0.717) is 25.8 Å². The second kappa shape index (κ2) is 7.66. The molecular formula is C17H12Cl2N2OS2. The third-order valence-corrected chi connectivity index (χ3v) is 5.59. The van der Waals surface area contributed by atoms with Gasteiger partial charge in [-0.1, -0.05) is 35.3 Å². The van der Waals surface area contributed by atoms with E-state index in [2.05, 4.69) is 10.3 Å². The van der Waals surface area contributed by atoms with Gasteiger partial charge in [0.25, 0.3) is 5.91 Å². The molecule has 0 bridgehead atoms. The molecule has 1 aliphatic heterocycles. The third-order valence-electron chi connectivity index (χ3n) is 3.20. The van der Waals surface area contributed by atoms with Crippen LogP contribution in [0.1, 0.15) is 5.56 Å². The third kappa shape index (κ3) is 4.16. The standard InChI is InChI=1S/C17H12Cl2N2OS2/c1-23-12-5-2-10(3-6-12)8-15-16(22)21-17(24-15)20-11-4-7-13(18)14(19)9-11/h2-9H,1H3,(H,20,21,22)/b15-8+. The molecule has 0 radical (unpaired) electrons. The maximum Gasteiger partial charge on any atom is 0.264 e. The van der Waals surface area contributed by atoms with Crippen molar-refractivity contribution < 1.29 is 4.79 Å². The van der Waals surface area contributed by atoms with Crippen LogP contribution >= 0.6 is 46.7 Å². The molecular weight excluding hydrogens is 383 g/mol. The van der Waals surface area contributed by atoms with E-state index in [1.807, 2.05) is 36.6 Å². The van der Waals surface area contributed by atoms with Crippen molar-refractivity contribution in [2.75, 3.05) is 6.26 Å². The van der Waals surface area contributed by atoms with Crippen LogP contribution < -0.4 is 5.32 Å². The number of carbonyl (C=O) groups excluding carboxylic acids is 1. The first kappa shape index (κ1) is 17.4. The van der Waals surface area contributed by atoms with Gasteiger partial charge in [-0.15, -0.1) is 11.8 Å². The Kier molecular flexibility index (Phi) is 5.56. The number of carbonyl (C=O) groups is 1. The SMILES string of the molecule is CSc1ccc(/C=C2/SC(=Nc3ccc(Cl)c(Cl)c3)NC2=O)cc1. The van der Waals surface area contributed by atoms with Crippen molar-refractivity contribution in [2.45, 2.75) is 4.90 Å². The van der Waals surface area contributed by atoms with Crippen molar-refractivity contribution in [3.63, 3.8) is 0 Å². The van der Waals surface area contributed by atoms with Crippen LogP contribution in [0.2, 0.25) is 10.0 Å². The second-order valence-electron chi connectivity index (χ2n) is 4.85. The van der Waals surface area contributed by atoms with Gasteiger partial charge in [0.15, 0.2) is 5.17 Å². The lowest BCUT2D eigenvalue weighted by Crippen LogP contribution is -2.19. The first-order valence-electron chi connectivity index (χ1n) is 6.94. The number of hydrogen-bond donors (Lipinski definition) is 1. The molecule has 0 unspecified atom stereocenters. The van der Waals surface area contributed by atoms with E-state index in [0.717, 1.165) is 5.56 Å². The van der Waals surface area contributed by atoms with Gasteiger partial charge in [-0.2, -0.15) is 0 Å². The van der Waals surface area contributed by atoms with E-state index in [9.17, 15) is 4.79 Å². The number of nitrogens with zero attached hydrogens (tertiary/aromatic N) is 1. The van der Waals surface area contributed by atoms with Gasteiger partial charge in [-0.25, -0.2) is 4.99 Å². The van der Waals surface area contributed by atoms with Crippen LogP contribution in [0.3, 0.4) is 0 Å². The summed E-state index contributed by atoms with van der Waals surface area (Å²) in [6.07, 6.45) is 3.88. The van der Waals surface area contributed by atoms with Gasteiger partial charge >= 0.3 is 0 Å². The largest absolute Gasteiger partial charge is 0.300 e. The lowest BCUT2D eigenvalue weighted by Gasteiger charge is -1.99. The number of hydrogen-bond acceptors (Lipinski definition) is 4. The zero-order chi connectivity index (χ0) is 17.1. The molecule has 0 atom stereocenters. The molecule has 24 heavy (non-hydrogen) atoms. The molecule has 1 N–H and O–H groups in total. The summed E-state index contributed by atoms with van der Waals surface area (Å²) < 4.78 is 0. The van der Waals surface area contributed by atoms with Gasteiger partial charge in [0.1, 0.15) is 0 Å². The summed E-state index contributed by atoms with van der Waals surface area (Å²) in [7, 11) is 0. The van der Waals surface area contributed by atoms with Crippen LogP contribution in [-0.2, 0) is 4.79 Å². The minimum Gasteiger partial charge on any atom is -0.300 e. The molecule has 122 valence electrons. The van der Waals surface area contributed by atoms with Crippen molar-refractivity contribution in [2.24, 2.45) is 4.99 Å². The fourth-order valence-corrected chi connectivity index (χ4v) is 3.55. The number of benzene rings is 2. The Morgan fingerprint density at radius 1 is 1.12 bits per heavy atom. The molecule has 1 aliphatic rings. The van der Waals surface area contributed by atoms with Crippen molar-refractivity contribution >= 4 is 69.6 Å². The lowest BCUT2D eigenvalue weighted by atomic mass is 10.2. The van der Waals surface area contributed by atoms with Crippen LogP contribution in [0.15, 0.2) is 57.3 Å². The summed E-state index contributed by atoms with van der Waals surface area (Å²) in [5, 5.41) is 4.17. The highest BCUT2D eigenvalue weighted by Crippen LogP contribution is 2.31. The smallest absolute Gasteiger partial charge is 0.264 e. The van der Waals surface area contributed by atoms with E-state index in [4.69, 9.17) is 23.2 Å². The Bertz CT molecular complexity index is 848. The minimum absolute atomic E-state index is 0.159. The number of aliphatic imine (C=N–C) groups is 1. The monoisotopic (exact) mass is 394 g/mol. The van der Waals surface area contributed by atoms with Gasteiger partial charge < -0.3 is 5.32 Å². The van der Waals surface area contributed by atoms with E-state index in [-0.39, 0.29) is 5.91 Å². The summed E-state index contributed by atoms with van der Waals surface area (Å²) in [5.74, 6) is -0.159. The Morgan fingerprint density at radius 2 is 1.88 bits per heavy atom. The highest BCUT2D eigenvalue weighted by Gasteiger charge is 2.23. The molecule has 2 aromatic rings. The molecule has 0 spiro atoms. The fourth-order valence-electron chi connectivity index (χ4n) is 2.00. The molecule has 0 aliphatic carbocycles. The maximum absolute atomic E-state index is 12.1. The van der Waals surface area contributed by atoms with Gasteiger partial charge in [-0.05, 0) is 60.0 Å². The van der Waals surface area contributed by atoms with Crippen molar-refractivity contribution in [3.8, 4) is 0 Å². The van der Waals surface area contributed by atoms with Gasteiger partial charge in [0.05, 0.1) is 20.6 Å². The molecule has 3 nitrogen and oxygen atoms in total. The molecule has 1 saturated heterocycles. The van der Waals surface area contributed by atoms with Crippen LogP contribution in [0.5, 0.6) is 0 Å². The predicted octanol–water partition coefficient (Wildman–Crippen LogP) is 5.61. The van der Waals surface area contributed by atoms with Gasteiger partial charge in [0.2, 0.25) is 0 Å². The van der Waals surface area contributed by atoms with Crippen LogP contribution in [0.25, 0.3) is 6.08 Å². The Hall–Kier alpha value is -1.40. The average molecular weight is 395 g/mol. The molecule has 0 aromatic heterocycles. The zero-order valence-electron chi connectivity index (χ0n) is 12.5. The Labute approximate surface area is 158 Å². The summed E-state index contributed by atoms with van der Waals surface area (Å²) in [4.78, 5) is 18.3. The highest BCUT2D eigenvalue weighted by atomic mass is 35.5. The average Bonchev–Trinajstić information content (AvgIpc) is 2.91. The topological polar surface area (TPSA) is 41.5 Å². The number of halogens is 2. The summed E-state index contributed by atoms with van der Waals surface area (Å²) in [6.45, 7) is 0. The van der Waals surface area contributed by atoms with E-state index < -0.39 is 0 Å². The number of rotatable bonds is 3. The minimum atomic E-state index is -0.159. The van der Waals surface area contributed by atoms with Gasteiger partial charge in [0, 0.05) is 4.90 Å². The molecule has 1 fully saturated rings. The van der Waals surface area contributed by atoms with E-state index in [1.165, 1.54) is 16.7 Å². The van der Waals surface area contributed by atoms with Crippen LogP contribution in [0.4, 0.5) is 5.69 Å². The quantitative estimate of drug-likeness (QED) is 0.543. The molecule has 0 saturated carbocycles. The van der Waals surface area contributed by atoms with Crippen molar-refractivity contribution in [3.05, 3.63) is 63.0 Å². The predicted molar refractivity (Wildman–Crippen MR) is 105 cm³/mol. The van der Waals surface area contributed by atoms with Crippen LogP contribution in [-0.4, -0.2) is 17.3 Å². The number of amidine groups is 1. The van der Waals surface area contributed by atoms with Gasteiger partial charge in [-0.3, -0.25) is 4.79 Å². The summed E-state index contributed by atoms with van der Waals surface area (Å²) in [5.41, 5.74) is 1.61. The molecule has 1 heterocycles. The molecule has 3 rings (SSSR count). The zero-order valence-corrected chi connectivity index (χ0v) is 15.7. The normalized spacial score (nSPS) is 17.5. The molecule has 2 aromatic carbocycles. The number of thioether (sulfide) groups is 2. The second-order valence-corrected chi connectivity index (χ2v) is 7.58.